The molecule has 0 unspecified atom stereocenters. The maximum absolute atomic E-state index is 13.9. The minimum Gasteiger partial charge on any atom is -0.323 e. The Morgan fingerprint density at radius 2 is 2.20 bits per heavy atom. The van der Waals surface area contributed by atoms with Crippen molar-refractivity contribution in [2.24, 2.45) is 0 Å². The summed E-state index contributed by atoms with van der Waals surface area (Å²) < 4.78 is 15.9. The van der Waals surface area contributed by atoms with Gasteiger partial charge in [-0.3, -0.25) is 0 Å². The van der Waals surface area contributed by atoms with Crippen molar-refractivity contribution in [2.45, 2.75) is 19.9 Å². The zero-order valence-electron chi connectivity index (χ0n) is 11.1. The number of para-hydroxylation sites is 1. The van der Waals surface area contributed by atoms with Crippen molar-refractivity contribution in [3.8, 4) is 0 Å². The Morgan fingerprint density at radius 1 is 1.35 bits per heavy atom. The van der Waals surface area contributed by atoms with Crippen LogP contribution in [0.3, 0.4) is 0 Å². The third kappa shape index (κ3) is 2.34. The quantitative estimate of drug-likeness (QED) is 0.654. The van der Waals surface area contributed by atoms with Gasteiger partial charge in [0.05, 0.1) is 12.1 Å². The molecule has 0 aliphatic rings. The molecule has 1 aromatic carbocycles. The number of imidazole rings is 1. The first-order chi connectivity index (χ1) is 9.70. The van der Waals surface area contributed by atoms with Crippen molar-refractivity contribution in [2.75, 3.05) is 5.88 Å². The lowest BCUT2D eigenvalue weighted by Crippen LogP contribution is -2.05. The molecule has 0 radical (unpaired) electrons. The number of aryl methyl sites for hydroxylation is 2. The Morgan fingerprint density at radius 3 is 2.90 bits per heavy atom. The van der Waals surface area contributed by atoms with E-state index in [1.165, 1.54) is 16.5 Å². The maximum atomic E-state index is 13.9. The highest BCUT2D eigenvalue weighted by Crippen LogP contribution is 2.24. The molecule has 0 atom stereocenters. The Bertz CT molecular complexity index is 747. The van der Waals surface area contributed by atoms with E-state index in [0.717, 1.165) is 17.9 Å². The van der Waals surface area contributed by atoms with E-state index in [1.54, 1.807) is 17.4 Å². The first-order valence-electron chi connectivity index (χ1n) is 6.43. The lowest BCUT2D eigenvalue weighted by atomic mass is 10.2. The molecule has 3 aromatic rings. The summed E-state index contributed by atoms with van der Waals surface area (Å²) in [5.41, 5.74) is 2.52. The fourth-order valence-corrected chi connectivity index (χ4v) is 3.39. The molecule has 2 heterocycles. The van der Waals surface area contributed by atoms with Gasteiger partial charge in [-0.25, -0.2) is 9.37 Å². The van der Waals surface area contributed by atoms with Gasteiger partial charge in [-0.2, -0.15) is 0 Å². The van der Waals surface area contributed by atoms with Gasteiger partial charge in [0, 0.05) is 17.2 Å². The van der Waals surface area contributed by atoms with Gasteiger partial charge in [0.25, 0.3) is 0 Å². The van der Waals surface area contributed by atoms with Gasteiger partial charge in [0.2, 0.25) is 0 Å². The molecular weight excluding hydrogens is 295 g/mol. The van der Waals surface area contributed by atoms with E-state index >= 15 is 0 Å². The molecule has 2 nitrogen and oxygen atoms in total. The van der Waals surface area contributed by atoms with Crippen molar-refractivity contribution in [3.05, 3.63) is 51.7 Å². The summed E-state index contributed by atoms with van der Waals surface area (Å²) in [7, 11) is 0. The number of nitrogens with zero attached hydrogens (tertiary/aromatic N) is 2. The highest BCUT2D eigenvalue weighted by Gasteiger charge is 2.14. The number of benzene rings is 1. The van der Waals surface area contributed by atoms with Crippen molar-refractivity contribution < 1.29 is 4.39 Å². The molecular formula is C15H14ClFN2S. The third-order valence-electron chi connectivity index (χ3n) is 3.40. The molecule has 20 heavy (non-hydrogen) atoms. The molecule has 0 N–H and O–H groups in total. The van der Waals surface area contributed by atoms with Gasteiger partial charge in [0.15, 0.2) is 5.82 Å². The molecule has 0 aliphatic heterocycles. The van der Waals surface area contributed by atoms with E-state index in [9.17, 15) is 4.39 Å². The summed E-state index contributed by atoms with van der Waals surface area (Å²) in [6, 6.07) is 7.18. The zero-order chi connectivity index (χ0) is 14.1. The number of aromatic nitrogens is 2. The molecule has 0 amide bonds. The normalized spacial score (nSPS) is 11.3. The van der Waals surface area contributed by atoms with E-state index in [4.69, 9.17) is 11.6 Å². The van der Waals surface area contributed by atoms with Gasteiger partial charge >= 0.3 is 0 Å². The summed E-state index contributed by atoms with van der Waals surface area (Å²) in [6.07, 6.45) is 0.639. The molecule has 0 aliphatic carbocycles. The van der Waals surface area contributed by atoms with Crippen molar-refractivity contribution in [3.63, 3.8) is 0 Å². The Hall–Kier alpha value is -1.39. The number of hydrogen-bond donors (Lipinski definition) is 0. The topological polar surface area (TPSA) is 17.8 Å². The van der Waals surface area contributed by atoms with Gasteiger partial charge < -0.3 is 4.57 Å². The van der Waals surface area contributed by atoms with E-state index in [0.29, 0.717) is 17.8 Å². The summed E-state index contributed by atoms with van der Waals surface area (Å²) in [5.74, 6) is 1.04. The predicted octanol–water partition coefficient (Wildman–Crippen LogP) is 4.37. The second kappa shape index (κ2) is 5.54. The average Bonchev–Trinajstić information content (AvgIpc) is 2.98. The summed E-state index contributed by atoms with van der Waals surface area (Å²) >= 11 is 7.56. The minimum atomic E-state index is -0.278. The van der Waals surface area contributed by atoms with Crippen molar-refractivity contribution in [1.82, 2.24) is 9.55 Å². The van der Waals surface area contributed by atoms with Gasteiger partial charge in [-0.1, -0.05) is 6.07 Å². The molecule has 2 aromatic heterocycles. The number of fused-ring (bicyclic) bond motifs is 1. The molecule has 3 rings (SSSR count). The Labute approximate surface area is 125 Å². The van der Waals surface area contributed by atoms with Crippen molar-refractivity contribution in [1.29, 1.82) is 0 Å². The number of thiophene rings is 1. The highest BCUT2D eigenvalue weighted by molar-refractivity contribution is 7.10. The average molecular weight is 309 g/mol. The molecule has 0 saturated heterocycles. The van der Waals surface area contributed by atoms with Gasteiger partial charge in [-0.05, 0) is 36.1 Å². The van der Waals surface area contributed by atoms with Crippen LogP contribution in [0.5, 0.6) is 0 Å². The van der Waals surface area contributed by atoms with Crippen LogP contribution < -0.4 is 0 Å². The summed E-state index contributed by atoms with van der Waals surface area (Å²) in [5, 5.41) is 2.07. The predicted molar refractivity (Wildman–Crippen MR) is 82.3 cm³/mol. The van der Waals surface area contributed by atoms with E-state index < -0.39 is 0 Å². The van der Waals surface area contributed by atoms with Crippen molar-refractivity contribution >= 4 is 34.0 Å². The second-order valence-electron chi connectivity index (χ2n) is 4.69. The smallest absolute Gasteiger partial charge is 0.151 e. The van der Waals surface area contributed by atoms with Crippen LogP contribution in [0.2, 0.25) is 0 Å². The van der Waals surface area contributed by atoms with Gasteiger partial charge in [0.1, 0.15) is 11.3 Å². The van der Waals surface area contributed by atoms with Crippen LogP contribution in [0.1, 0.15) is 16.3 Å². The Balaban J connectivity index is 2.14. The highest BCUT2D eigenvalue weighted by atomic mass is 35.5. The first kappa shape index (κ1) is 13.6. The summed E-state index contributed by atoms with van der Waals surface area (Å²) in [4.78, 5) is 5.69. The van der Waals surface area contributed by atoms with Crippen LogP contribution >= 0.6 is 22.9 Å². The minimum absolute atomic E-state index is 0.278. The second-order valence-corrected chi connectivity index (χ2v) is 6.07. The number of alkyl halides is 1. The molecule has 0 saturated carbocycles. The third-order valence-corrected chi connectivity index (χ3v) is 4.59. The van der Waals surface area contributed by atoms with E-state index in [2.05, 4.69) is 27.9 Å². The van der Waals surface area contributed by atoms with Crippen LogP contribution in [-0.2, 0) is 13.0 Å². The van der Waals surface area contributed by atoms with Gasteiger partial charge in [-0.15, -0.1) is 22.9 Å². The number of hydrogen-bond acceptors (Lipinski definition) is 2. The molecule has 0 spiro atoms. The molecule has 5 heteroatoms. The lowest BCUT2D eigenvalue weighted by Gasteiger charge is -2.08. The largest absolute Gasteiger partial charge is 0.323 e. The number of halogens is 2. The molecule has 0 fully saturated rings. The summed E-state index contributed by atoms with van der Waals surface area (Å²) in [6.45, 7) is 2.81. The van der Waals surface area contributed by atoms with Crippen LogP contribution in [0.15, 0.2) is 29.6 Å². The first-order valence-corrected chi connectivity index (χ1v) is 7.84. The standard InChI is InChI=1S/C15H14ClFN2S/c1-10-6-8-20-13(10)9-19-12-4-2-3-11(17)15(12)18-14(19)5-7-16/h2-4,6,8H,5,7,9H2,1H3. The fraction of sp³-hybridized carbons (Fsp3) is 0.267. The van der Waals surface area contributed by atoms with Crippen LogP contribution in [0.4, 0.5) is 4.39 Å². The Kier molecular flexibility index (Phi) is 3.76. The van der Waals surface area contributed by atoms with E-state index in [1.807, 2.05) is 6.07 Å². The molecule has 0 bridgehead atoms. The van der Waals surface area contributed by atoms with Crippen LogP contribution in [0.25, 0.3) is 11.0 Å². The van der Waals surface area contributed by atoms with Crippen LogP contribution in [0, 0.1) is 12.7 Å². The van der Waals surface area contributed by atoms with Crippen LogP contribution in [-0.4, -0.2) is 15.4 Å². The maximum Gasteiger partial charge on any atom is 0.151 e. The molecule has 104 valence electrons. The fourth-order valence-electron chi connectivity index (χ4n) is 2.32. The number of rotatable bonds is 4. The SMILES string of the molecule is Cc1ccsc1Cn1c(CCCl)nc2c(F)cccc21. The monoisotopic (exact) mass is 308 g/mol. The lowest BCUT2D eigenvalue weighted by molar-refractivity contribution is 0.637. The van der Waals surface area contributed by atoms with E-state index in [-0.39, 0.29) is 5.82 Å². The zero-order valence-corrected chi connectivity index (χ0v) is 12.6.